The van der Waals surface area contributed by atoms with Gasteiger partial charge in [-0.25, -0.2) is 0 Å². The van der Waals surface area contributed by atoms with Crippen molar-refractivity contribution in [1.29, 1.82) is 5.41 Å². The normalized spacial score (nSPS) is 12.1. The van der Waals surface area contributed by atoms with E-state index in [9.17, 15) is 18.0 Å². The number of rotatable bonds is 9. The second-order valence-corrected chi connectivity index (χ2v) is 7.03. The molecule has 2 aromatic carbocycles. The monoisotopic (exact) mass is 446 g/mol. The van der Waals surface area contributed by atoms with Crippen LogP contribution in [0.1, 0.15) is 18.9 Å². The zero-order valence-electron chi connectivity index (χ0n) is 17.1. The first-order valence-electron chi connectivity index (χ1n) is 9.62. The van der Waals surface area contributed by atoms with Crippen molar-refractivity contribution < 1.29 is 27.8 Å². The summed E-state index contributed by atoms with van der Waals surface area (Å²) in [6, 6.07) is 11.5. The number of nitrogens with one attached hydrogen (secondary N) is 2. The van der Waals surface area contributed by atoms with E-state index in [1.54, 1.807) is 42.0 Å². The van der Waals surface area contributed by atoms with Crippen LogP contribution in [0.2, 0.25) is 0 Å². The fourth-order valence-electron chi connectivity index (χ4n) is 3.01. The second kappa shape index (κ2) is 9.54. The minimum atomic E-state index is -4.41. The van der Waals surface area contributed by atoms with Gasteiger partial charge >= 0.3 is 12.1 Å². The van der Waals surface area contributed by atoms with E-state index in [1.807, 2.05) is 0 Å². The van der Waals surface area contributed by atoms with Crippen molar-refractivity contribution in [2.75, 3.05) is 12.0 Å². The predicted molar refractivity (Wildman–Crippen MR) is 116 cm³/mol. The molecule has 168 valence electrons. The summed E-state index contributed by atoms with van der Waals surface area (Å²) in [4.78, 5) is 10.9. The van der Waals surface area contributed by atoms with Gasteiger partial charge in [-0.05, 0) is 55.5 Å². The van der Waals surface area contributed by atoms with Crippen LogP contribution in [0.15, 0.2) is 59.8 Å². The lowest BCUT2D eigenvalue weighted by molar-refractivity contribution is -0.138. The number of carbonyl (C=O) groups is 1. The van der Waals surface area contributed by atoms with Gasteiger partial charge < -0.3 is 19.8 Å². The van der Waals surface area contributed by atoms with E-state index in [1.165, 1.54) is 12.1 Å². The smallest absolute Gasteiger partial charge is 0.416 e. The molecule has 0 saturated heterocycles. The van der Waals surface area contributed by atoms with Crippen molar-refractivity contribution in [3.63, 3.8) is 0 Å². The van der Waals surface area contributed by atoms with Crippen molar-refractivity contribution in [2.24, 2.45) is 5.10 Å². The molecule has 3 aromatic rings. The molecule has 0 spiro atoms. The van der Waals surface area contributed by atoms with E-state index < -0.39 is 17.7 Å². The van der Waals surface area contributed by atoms with Gasteiger partial charge in [-0.15, -0.1) is 0 Å². The van der Waals surface area contributed by atoms with E-state index in [0.717, 1.165) is 23.0 Å². The van der Waals surface area contributed by atoms with Crippen molar-refractivity contribution in [2.45, 2.75) is 26.1 Å². The number of anilines is 1. The number of aromatic nitrogens is 1. The largest absolute Gasteiger partial charge is 0.493 e. The first kappa shape index (κ1) is 22.9. The summed E-state index contributed by atoms with van der Waals surface area (Å²) in [6.45, 7) is 1.66. The van der Waals surface area contributed by atoms with Crippen LogP contribution >= 0.6 is 0 Å². The van der Waals surface area contributed by atoms with E-state index in [0.29, 0.717) is 23.6 Å². The fourth-order valence-corrected chi connectivity index (χ4v) is 3.01. The van der Waals surface area contributed by atoms with Crippen molar-refractivity contribution in [3.8, 4) is 5.75 Å². The number of hydrogen-bond donors (Lipinski definition) is 3. The Balaban J connectivity index is 1.60. The molecule has 0 aliphatic heterocycles. The Morgan fingerprint density at radius 3 is 2.53 bits per heavy atom. The first-order valence-corrected chi connectivity index (χ1v) is 9.62. The average Bonchev–Trinajstić information content (AvgIpc) is 3.11. The summed E-state index contributed by atoms with van der Waals surface area (Å²) >= 11 is 0. The number of aliphatic carboxylic acids is 1. The molecule has 0 unspecified atom stereocenters. The van der Waals surface area contributed by atoms with Crippen LogP contribution < -0.4 is 10.2 Å². The molecule has 0 radical (unpaired) electrons. The Morgan fingerprint density at radius 1 is 1.19 bits per heavy atom. The highest BCUT2D eigenvalue weighted by Gasteiger charge is 2.29. The number of alkyl halides is 3. The van der Waals surface area contributed by atoms with Gasteiger partial charge in [-0.1, -0.05) is 0 Å². The van der Waals surface area contributed by atoms with Gasteiger partial charge in [0.05, 0.1) is 29.3 Å². The van der Waals surface area contributed by atoms with Crippen LogP contribution in [-0.2, 0) is 17.5 Å². The third kappa shape index (κ3) is 5.87. The molecular formula is C22H21F3N4O3. The Morgan fingerprint density at radius 2 is 1.91 bits per heavy atom. The Hall–Kier alpha value is -3.82. The van der Waals surface area contributed by atoms with Crippen LogP contribution in [0.5, 0.6) is 5.75 Å². The summed E-state index contributed by atoms with van der Waals surface area (Å²) in [5.74, 6) is -0.343. The standard InChI is InChI=1S/C22H21F3N4O3/c1-14(26)19(28-27-17-4-2-16(3-5-17)22(23,24)25)9-11-32-18-6-7-20-15(12-18)8-10-29(20)13-21(30)31/h2-8,10,12,26-27H,9,11,13H2,1H3,(H,30,31)/b26-14?,28-19-. The molecule has 3 rings (SSSR count). The van der Waals surface area contributed by atoms with E-state index in [2.05, 4.69) is 10.5 Å². The van der Waals surface area contributed by atoms with Gasteiger partial charge in [-0.3, -0.25) is 10.2 Å². The summed E-state index contributed by atoms with van der Waals surface area (Å²) in [5, 5.41) is 21.8. The Kier molecular flexibility index (Phi) is 6.82. The molecule has 32 heavy (non-hydrogen) atoms. The molecule has 3 N–H and O–H groups in total. The van der Waals surface area contributed by atoms with Crippen LogP contribution in [-0.4, -0.2) is 33.7 Å². The number of hydrazone groups is 1. The number of fused-ring (bicyclic) bond motifs is 1. The summed E-state index contributed by atoms with van der Waals surface area (Å²) in [6.07, 6.45) is -2.41. The number of hydrogen-bond acceptors (Lipinski definition) is 5. The molecule has 10 heteroatoms. The van der Waals surface area contributed by atoms with E-state index >= 15 is 0 Å². The molecule has 1 aromatic heterocycles. The lowest BCUT2D eigenvalue weighted by Gasteiger charge is -2.10. The molecule has 0 bridgehead atoms. The zero-order chi connectivity index (χ0) is 23.3. The number of ether oxygens (including phenoxy) is 1. The lowest BCUT2D eigenvalue weighted by atomic mass is 10.2. The minimum Gasteiger partial charge on any atom is -0.493 e. The Labute approximate surface area is 181 Å². The molecule has 0 aliphatic carbocycles. The third-order valence-corrected chi connectivity index (χ3v) is 4.62. The van der Waals surface area contributed by atoms with Gasteiger partial charge in [0, 0.05) is 23.5 Å². The molecule has 0 saturated carbocycles. The lowest BCUT2D eigenvalue weighted by Crippen LogP contribution is -2.15. The van der Waals surface area contributed by atoms with Crippen LogP contribution in [0.3, 0.4) is 0 Å². The van der Waals surface area contributed by atoms with Crippen molar-refractivity contribution in [1.82, 2.24) is 4.57 Å². The maximum absolute atomic E-state index is 12.6. The average molecular weight is 446 g/mol. The number of benzene rings is 2. The number of carboxylic acid groups (broad SMARTS) is 1. The Bertz CT molecular complexity index is 1150. The van der Waals surface area contributed by atoms with E-state index in [-0.39, 0.29) is 18.9 Å². The van der Waals surface area contributed by atoms with Gasteiger partial charge in [0.1, 0.15) is 12.3 Å². The third-order valence-electron chi connectivity index (χ3n) is 4.62. The maximum atomic E-state index is 12.6. The summed E-state index contributed by atoms with van der Waals surface area (Å²) in [5.41, 5.74) is 3.67. The molecule has 0 aliphatic rings. The SMILES string of the molecule is CC(=N)/C(CCOc1ccc2c(ccn2CC(=O)O)c1)=N\Nc1ccc(C(F)(F)F)cc1. The molecular weight excluding hydrogens is 425 g/mol. The zero-order valence-corrected chi connectivity index (χ0v) is 17.1. The second-order valence-electron chi connectivity index (χ2n) is 7.03. The number of nitrogens with zero attached hydrogens (tertiary/aromatic N) is 2. The highest BCUT2D eigenvalue weighted by molar-refractivity contribution is 6.40. The van der Waals surface area contributed by atoms with Gasteiger partial charge in [0.15, 0.2) is 0 Å². The number of halogens is 3. The first-order chi connectivity index (χ1) is 15.1. The molecule has 7 nitrogen and oxygen atoms in total. The topological polar surface area (TPSA) is 99.7 Å². The summed E-state index contributed by atoms with van der Waals surface area (Å²) in [7, 11) is 0. The quantitative estimate of drug-likeness (QED) is 0.317. The van der Waals surface area contributed by atoms with Crippen LogP contribution in [0.25, 0.3) is 10.9 Å². The highest BCUT2D eigenvalue weighted by Crippen LogP contribution is 2.29. The molecule has 0 fully saturated rings. The van der Waals surface area contributed by atoms with Crippen LogP contribution in [0, 0.1) is 5.41 Å². The van der Waals surface area contributed by atoms with E-state index in [4.69, 9.17) is 15.3 Å². The van der Waals surface area contributed by atoms with Gasteiger partial charge in [0.2, 0.25) is 0 Å². The van der Waals surface area contributed by atoms with Gasteiger partial charge in [-0.2, -0.15) is 18.3 Å². The van der Waals surface area contributed by atoms with Gasteiger partial charge in [0.25, 0.3) is 0 Å². The van der Waals surface area contributed by atoms with Crippen molar-refractivity contribution in [3.05, 3.63) is 60.3 Å². The number of carboxylic acids is 1. The summed E-state index contributed by atoms with van der Waals surface area (Å²) < 4.78 is 45.3. The maximum Gasteiger partial charge on any atom is 0.416 e. The molecule has 0 amide bonds. The van der Waals surface area contributed by atoms with Crippen LogP contribution in [0.4, 0.5) is 18.9 Å². The highest BCUT2D eigenvalue weighted by atomic mass is 19.4. The minimum absolute atomic E-state index is 0.131. The molecule has 0 atom stereocenters. The van der Waals surface area contributed by atoms with Crippen molar-refractivity contribution >= 4 is 34.0 Å². The molecule has 1 heterocycles. The predicted octanol–water partition coefficient (Wildman–Crippen LogP) is 5.02. The fraction of sp³-hybridized carbons (Fsp3) is 0.227.